The number of ether oxygens (including phenoxy) is 3. The van der Waals surface area contributed by atoms with Crippen LogP contribution in [0.2, 0.25) is 5.15 Å². The molecule has 0 aliphatic carbocycles. The van der Waals surface area contributed by atoms with Gasteiger partial charge in [0.25, 0.3) is 0 Å². The van der Waals surface area contributed by atoms with Gasteiger partial charge in [-0.05, 0) is 30.0 Å². The Kier molecular flexibility index (Phi) is 4.85. The Morgan fingerprint density at radius 2 is 1.81 bits per heavy atom. The van der Waals surface area contributed by atoms with Gasteiger partial charge < -0.3 is 14.2 Å². The van der Waals surface area contributed by atoms with Gasteiger partial charge in [0.2, 0.25) is 0 Å². The van der Waals surface area contributed by atoms with Gasteiger partial charge in [0.15, 0.2) is 11.5 Å². The number of nitrogens with zero attached hydrogens (tertiary/aromatic N) is 1. The van der Waals surface area contributed by atoms with Crippen LogP contribution < -0.4 is 9.47 Å². The van der Waals surface area contributed by atoms with Crippen molar-refractivity contribution in [2.75, 3.05) is 20.8 Å². The van der Waals surface area contributed by atoms with Crippen molar-refractivity contribution in [1.29, 1.82) is 0 Å². The van der Waals surface area contributed by atoms with E-state index in [0.29, 0.717) is 28.6 Å². The number of esters is 1. The summed E-state index contributed by atoms with van der Waals surface area (Å²) in [4.78, 5) is 15.8. The van der Waals surface area contributed by atoms with Crippen molar-refractivity contribution in [3.8, 4) is 11.5 Å². The topological polar surface area (TPSA) is 57.7 Å². The number of halogens is 1. The van der Waals surface area contributed by atoms with E-state index in [-0.39, 0.29) is 12.4 Å². The minimum absolute atomic E-state index is 0.129. The number of carbonyl (C=O) groups excluding carboxylic acids is 1. The average Bonchev–Trinajstić information content (AvgIpc) is 2.49. The lowest BCUT2D eigenvalue weighted by atomic mass is 10.0. The number of benzene rings is 1. The van der Waals surface area contributed by atoms with Gasteiger partial charge in [-0.15, -0.1) is 0 Å². The lowest BCUT2D eigenvalue weighted by molar-refractivity contribution is -0.142. The van der Waals surface area contributed by atoms with Crippen LogP contribution in [0.3, 0.4) is 0 Å². The highest BCUT2D eigenvalue weighted by atomic mass is 35.5. The Morgan fingerprint density at radius 1 is 1.19 bits per heavy atom. The summed E-state index contributed by atoms with van der Waals surface area (Å²) in [5.41, 5.74) is 0.730. The van der Waals surface area contributed by atoms with Crippen LogP contribution in [0.25, 0.3) is 10.8 Å². The monoisotopic (exact) mass is 309 g/mol. The molecule has 0 fully saturated rings. The Labute approximate surface area is 127 Å². The molecule has 0 saturated heterocycles. The highest BCUT2D eigenvalue weighted by molar-refractivity contribution is 6.34. The minimum Gasteiger partial charge on any atom is -0.493 e. The third-order valence-corrected chi connectivity index (χ3v) is 3.37. The Bertz CT molecular complexity index is 672. The lowest BCUT2D eigenvalue weighted by Gasteiger charge is -2.12. The number of aromatic nitrogens is 1. The predicted molar refractivity (Wildman–Crippen MR) is 80.2 cm³/mol. The summed E-state index contributed by atoms with van der Waals surface area (Å²) in [6.07, 6.45) is 1.71. The zero-order valence-corrected chi connectivity index (χ0v) is 12.9. The van der Waals surface area contributed by atoms with Crippen molar-refractivity contribution < 1.29 is 19.0 Å². The molecule has 0 aliphatic heterocycles. The van der Waals surface area contributed by atoms with Gasteiger partial charge >= 0.3 is 5.97 Å². The van der Waals surface area contributed by atoms with Crippen molar-refractivity contribution in [2.24, 2.45) is 0 Å². The number of carbonyl (C=O) groups is 1. The molecule has 1 heterocycles. The normalized spacial score (nSPS) is 10.5. The van der Waals surface area contributed by atoms with Crippen molar-refractivity contribution in [1.82, 2.24) is 4.98 Å². The van der Waals surface area contributed by atoms with Crippen LogP contribution in [0.15, 0.2) is 18.3 Å². The maximum atomic E-state index is 11.7. The highest BCUT2D eigenvalue weighted by Gasteiger charge is 2.14. The summed E-state index contributed by atoms with van der Waals surface area (Å²) in [5, 5.41) is 1.84. The quantitative estimate of drug-likeness (QED) is 0.627. The lowest BCUT2D eigenvalue weighted by Crippen LogP contribution is -2.08. The highest BCUT2D eigenvalue weighted by Crippen LogP contribution is 2.36. The summed E-state index contributed by atoms with van der Waals surface area (Å²) in [5.74, 6) is 0.817. The molecule has 5 nitrogen and oxygen atoms in total. The van der Waals surface area contributed by atoms with Gasteiger partial charge in [-0.3, -0.25) is 4.79 Å². The van der Waals surface area contributed by atoms with Crippen molar-refractivity contribution >= 4 is 28.3 Å². The molecule has 0 spiro atoms. The predicted octanol–water partition coefficient (Wildman–Crippen LogP) is 3.01. The number of methoxy groups -OCH3 is 2. The van der Waals surface area contributed by atoms with Crippen molar-refractivity contribution in [3.63, 3.8) is 0 Å². The Balaban J connectivity index is 2.57. The fourth-order valence-electron chi connectivity index (χ4n) is 2.10. The standard InChI is InChI=1S/C15H16ClNO4/c1-4-21-14(18)5-9-8-17-15(16)11-7-13(20-3)12(19-2)6-10(9)11/h6-8H,4-5H2,1-3H3. The van der Waals surface area contributed by atoms with Crippen LogP contribution in [0.1, 0.15) is 12.5 Å². The smallest absolute Gasteiger partial charge is 0.310 e. The first kappa shape index (κ1) is 15.4. The van der Waals surface area contributed by atoms with Crippen molar-refractivity contribution in [2.45, 2.75) is 13.3 Å². The molecule has 0 aliphatic rings. The Morgan fingerprint density at radius 3 is 2.38 bits per heavy atom. The molecule has 0 N–H and O–H groups in total. The first-order valence-electron chi connectivity index (χ1n) is 6.45. The van der Waals surface area contributed by atoms with E-state index >= 15 is 0 Å². The van der Waals surface area contributed by atoms with Gasteiger partial charge in [-0.25, -0.2) is 4.98 Å². The second-order valence-corrected chi connectivity index (χ2v) is 4.67. The molecule has 0 radical (unpaired) electrons. The molecule has 21 heavy (non-hydrogen) atoms. The van der Waals surface area contributed by atoms with E-state index in [2.05, 4.69) is 4.98 Å². The second-order valence-electron chi connectivity index (χ2n) is 4.31. The van der Waals surface area contributed by atoms with E-state index in [9.17, 15) is 4.79 Å². The van der Waals surface area contributed by atoms with Gasteiger partial charge in [0, 0.05) is 11.6 Å². The first-order chi connectivity index (χ1) is 10.1. The third kappa shape index (κ3) is 3.19. The molecule has 6 heteroatoms. The molecule has 0 amide bonds. The average molecular weight is 310 g/mol. The largest absolute Gasteiger partial charge is 0.493 e. The molecule has 112 valence electrons. The van der Waals surface area contributed by atoms with Gasteiger partial charge in [0.1, 0.15) is 5.15 Å². The Hall–Kier alpha value is -2.01. The van der Waals surface area contributed by atoms with Crippen LogP contribution in [-0.2, 0) is 16.0 Å². The number of hydrogen-bond donors (Lipinski definition) is 0. The van der Waals surface area contributed by atoms with Gasteiger partial charge in [-0.1, -0.05) is 11.6 Å². The molecule has 2 rings (SSSR count). The van der Waals surface area contributed by atoms with Gasteiger partial charge in [-0.2, -0.15) is 0 Å². The summed E-state index contributed by atoms with van der Waals surface area (Å²) in [6.45, 7) is 2.11. The van der Waals surface area contributed by atoms with Crippen LogP contribution in [-0.4, -0.2) is 31.8 Å². The molecular formula is C15H16ClNO4. The van der Waals surface area contributed by atoms with E-state index in [1.807, 2.05) is 0 Å². The molecule has 0 unspecified atom stereocenters. The summed E-state index contributed by atoms with van der Waals surface area (Å²) >= 11 is 6.13. The van der Waals surface area contributed by atoms with Crippen LogP contribution in [0.5, 0.6) is 11.5 Å². The summed E-state index contributed by atoms with van der Waals surface area (Å²) in [7, 11) is 3.10. The molecule has 1 aromatic heterocycles. The van der Waals surface area contributed by atoms with E-state index < -0.39 is 0 Å². The fraction of sp³-hybridized carbons (Fsp3) is 0.333. The summed E-state index contributed by atoms with van der Waals surface area (Å²) < 4.78 is 15.5. The zero-order chi connectivity index (χ0) is 15.4. The van der Waals surface area contributed by atoms with E-state index in [0.717, 1.165) is 10.9 Å². The molecular weight excluding hydrogens is 294 g/mol. The van der Waals surface area contributed by atoms with Crippen LogP contribution >= 0.6 is 11.6 Å². The van der Waals surface area contributed by atoms with Gasteiger partial charge in [0.05, 0.1) is 27.2 Å². The van der Waals surface area contributed by atoms with E-state index in [4.69, 9.17) is 25.8 Å². The summed E-state index contributed by atoms with van der Waals surface area (Å²) in [6, 6.07) is 3.54. The maximum Gasteiger partial charge on any atom is 0.310 e. The second kappa shape index (κ2) is 6.63. The molecule has 2 aromatic rings. The maximum absolute atomic E-state index is 11.7. The van der Waals surface area contributed by atoms with Crippen molar-refractivity contribution in [3.05, 3.63) is 29.0 Å². The number of fused-ring (bicyclic) bond motifs is 1. The molecule has 0 atom stereocenters. The van der Waals surface area contributed by atoms with Crippen LogP contribution in [0.4, 0.5) is 0 Å². The molecule has 0 saturated carbocycles. The SMILES string of the molecule is CCOC(=O)Cc1cnc(Cl)c2cc(OC)c(OC)cc12. The number of hydrogen-bond acceptors (Lipinski definition) is 5. The first-order valence-corrected chi connectivity index (χ1v) is 6.83. The fourth-order valence-corrected chi connectivity index (χ4v) is 2.30. The molecule has 1 aromatic carbocycles. The minimum atomic E-state index is -0.308. The van der Waals surface area contributed by atoms with E-state index in [1.165, 1.54) is 0 Å². The number of rotatable bonds is 5. The molecule has 0 bridgehead atoms. The third-order valence-electron chi connectivity index (χ3n) is 3.07. The number of pyridine rings is 1. The van der Waals surface area contributed by atoms with Crippen LogP contribution in [0, 0.1) is 0 Å². The van der Waals surface area contributed by atoms with E-state index in [1.54, 1.807) is 39.5 Å². The zero-order valence-electron chi connectivity index (χ0n) is 12.1.